The SMILES string of the molecule is Cc1nc(C2CCN(Cc3n[nH]c(C)c3Cl)CC2)cc(=O)[nH]1. The first-order valence-corrected chi connectivity index (χ1v) is 7.90. The van der Waals surface area contributed by atoms with Crippen LogP contribution in [0.5, 0.6) is 0 Å². The average Bonchev–Trinajstić information content (AvgIpc) is 2.79. The summed E-state index contributed by atoms with van der Waals surface area (Å²) in [5.41, 5.74) is 2.66. The second kappa shape index (κ2) is 6.22. The Balaban J connectivity index is 1.62. The first-order valence-electron chi connectivity index (χ1n) is 7.52. The Hall–Kier alpha value is -1.66. The van der Waals surface area contributed by atoms with E-state index in [2.05, 4.69) is 25.1 Å². The normalized spacial score (nSPS) is 17.0. The van der Waals surface area contributed by atoms with E-state index in [0.29, 0.717) is 11.7 Å². The van der Waals surface area contributed by atoms with Crippen LogP contribution in [0.2, 0.25) is 5.02 Å². The molecule has 0 unspecified atom stereocenters. The third-order valence-corrected chi connectivity index (χ3v) is 4.70. The van der Waals surface area contributed by atoms with Gasteiger partial charge < -0.3 is 4.98 Å². The van der Waals surface area contributed by atoms with Crippen LogP contribution in [0.3, 0.4) is 0 Å². The molecule has 1 saturated heterocycles. The fourth-order valence-electron chi connectivity index (χ4n) is 2.98. The zero-order valence-electron chi connectivity index (χ0n) is 12.8. The Bertz CT molecular complexity index is 715. The summed E-state index contributed by atoms with van der Waals surface area (Å²) in [5, 5.41) is 7.90. The van der Waals surface area contributed by atoms with Gasteiger partial charge in [-0.25, -0.2) is 4.98 Å². The number of aryl methyl sites for hydroxylation is 2. The van der Waals surface area contributed by atoms with Crippen LogP contribution in [0.15, 0.2) is 10.9 Å². The zero-order valence-corrected chi connectivity index (χ0v) is 13.6. The third kappa shape index (κ3) is 3.23. The minimum atomic E-state index is -0.0660. The van der Waals surface area contributed by atoms with Crippen LogP contribution in [0.25, 0.3) is 0 Å². The van der Waals surface area contributed by atoms with Crippen molar-refractivity contribution in [3.8, 4) is 0 Å². The molecule has 0 aliphatic carbocycles. The molecular weight excluding hydrogens is 302 g/mol. The maximum absolute atomic E-state index is 11.6. The summed E-state index contributed by atoms with van der Waals surface area (Å²) in [7, 11) is 0. The number of hydrogen-bond acceptors (Lipinski definition) is 4. The summed E-state index contributed by atoms with van der Waals surface area (Å²) in [6.45, 7) is 6.42. The van der Waals surface area contributed by atoms with Crippen LogP contribution in [-0.2, 0) is 6.54 Å². The molecule has 2 aromatic rings. The molecule has 1 fully saturated rings. The molecule has 1 aliphatic rings. The summed E-state index contributed by atoms with van der Waals surface area (Å²) in [6, 6.07) is 1.63. The molecule has 0 atom stereocenters. The van der Waals surface area contributed by atoms with Gasteiger partial charge in [-0.3, -0.25) is 14.8 Å². The van der Waals surface area contributed by atoms with Gasteiger partial charge in [-0.2, -0.15) is 5.10 Å². The highest BCUT2D eigenvalue weighted by atomic mass is 35.5. The fraction of sp³-hybridized carbons (Fsp3) is 0.533. The van der Waals surface area contributed by atoms with Crippen molar-refractivity contribution in [1.29, 1.82) is 0 Å². The van der Waals surface area contributed by atoms with Crippen LogP contribution in [0, 0.1) is 13.8 Å². The van der Waals surface area contributed by atoms with Crippen LogP contribution in [-0.4, -0.2) is 38.2 Å². The van der Waals surface area contributed by atoms with Crippen molar-refractivity contribution < 1.29 is 0 Å². The number of likely N-dealkylation sites (tertiary alicyclic amines) is 1. The minimum Gasteiger partial charge on any atom is -0.311 e. The number of rotatable bonds is 3. The van der Waals surface area contributed by atoms with Crippen LogP contribution < -0.4 is 5.56 Å². The number of nitrogens with one attached hydrogen (secondary N) is 2. The van der Waals surface area contributed by atoms with E-state index in [0.717, 1.165) is 54.6 Å². The molecule has 22 heavy (non-hydrogen) atoms. The van der Waals surface area contributed by atoms with Crippen molar-refractivity contribution in [1.82, 2.24) is 25.1 Å². The molecule has 118 valence electrons. The number of hydrogen-bond donors (Lipinski definition) is 2. The Kier molecular flexibility index (Phi) is 4.31. The molecule has 7 heteroatoms. The molecule has 3 heterocycles. The number of H-pyrrole nitrogens is 2. The summed E-state index contributed by atoms with van der Waals surface area (Å²) in [6.07, 6.45) is 1.99. The monoisotopic (exact) mass is 321 g/mol. The van der Waals surface area contributed by atoms with Crippen molar-refractivity contribution in [2.75, 3.05) is 13.1 Å². The van der Waals surface area contributed by atoms with Gasteiger partial charge in [-0.1, -0.05) is 11.6 Å². The predicted octanol–water partition coefficient (Wildman–Crippen LogP) is 2.14. The molecule has 6 nitrogen and oxygen atoms in total. The van der Waals surface area contributed by atoms with E-state index < -0.39 is 0 Å². The van der Waals surface area contributed by atoms with Crippen molar-refractivity contribution in [3.63, 3.8) is 0 Å². The Morgan fingerprint density at radius 3 is 2.68 bits per heavy atom. The molecule has 0 amide bonds. The smallest absolute Gasteiger partial charge is 0.251 e. The van der Waals surface area contributed by atoms with E-state index in [1.54, 1.807) is 6.07 Å². The van der Waals surface area contributed by atoms with Crippen molar-refractivity contribution in [2.45, 2.75) is 39.2 Å². The molecule has 1 aliphatic heterocycles. The van der Waals surface area contributed by atoms with Crippen molar-refractivity contribution >= 4 is 11.6 Å². The van der Waals surface area contributed by atoms with E-state index >= 15 is 0 Å². The highest BCUT2D eigenvalue weighted by molar-refractivity contribution is 6.31. The molecular formula is C15H20ClN5O. The molecule has 0 radical (unpaired) electrons. The van der Waals surface area contributed by atoms with Gasteiger partial charge in [0.05, 0.1) is 22.1 Å². The molecule has 3 rings (SSSR count). The zero-order chi connectivity index (χ0) is 15.7. The van der Waals surface area contributed by atoms with E-state index in [1.807, 2.05) is 13.8 Å². The van der Waals surface area contributed by atoms with Gasteiger partial charge in [0.1, 0.15) is 5.82 Å². The maximum atomic E-state index is 11.6. The molecule has 0 spiro atoms. The third-order valence-electron chi connectivity index (χ3n) is 4.20. The summed E-state index contributed by atoms with van der Waals surface area (Å²) in [4.78, 5) is 21.1. The van der Waals surface area contributed by atoms with Gasteiger partial charge in [-0.15, -0.1) is 0 Å². The second-order valence-corrected chi connectivity index (χ2v) is 6.29. The predicted molar refractivity (Wildman–Crippen MR) is 85.2 cm³/mol. The number of halogens is 1. The summed E-state index contributed by atoms with van der Waals surface area (Å²) >= 11 is 6.22. The number of piperidine rings is 1. The van der Waals surface area contributed by atoms with Crippen molar-refractivity contribution in [2.24, 2.45) is 0 Å². The first-order chi connectivity index (χ1) is 10.5. The lowest BCUT2D eigenvalue weighted by atomic mass is 9.93. The van der Waals surface area contributed by atoms with Crippen LogP contribution >= 0.6 is 11.6 Å². The number of aromatic amines is 2. The lowest BCUT2D eigenvalue weighted by molar-refractivity contribution is 0.201. The minimum absolute atomic E-state index is 0.0660. The summed E-state index contributed by atoms with van der Waals surface area (Å²) in [5.74, 6) is 1.04. The Labute approximate surface area is 133 Å². The van der Waals surface area contributed by atoms with Gasteiger partial charge in [0, 0.05) is 18.5 Å². The van der Waals surface area contributed by atoms with Crippen LogP contribution in [0.1, 0.15) is 41.7 Å². The lowest BCUT2D eigenvalue weighted by Gasteiger charge is -2.31. The molecule has 0 saturated carbocycles. The van der Waals surface area contributed by atoms with Gasteiger partial charge in [-0.05, 0) is 39.8 Å². The van der Waals surface area contributed by atoms with Crippen molar-refractivity contribution in [3.05, 3.63) is 44.3 Å². The molecule has 0 aromatic carbocycles. The average molecular weight is 322 g/mol. The fourth-order valence-corrected chi connectivity index (χ4v) is 3.13. The van der Waals surface area contributed by atoms with Gasteiger partial charge in [0.2, 0.25) is 0 Å². The quantitative estimate of drug-likeness (QED) is 0.908. The second-order valence-electron chi connectivity index (χ2n) is 5.92. The largest absolute Gasteiger partial charge is 0.311 e. The molecule has 2 N–H and O–H groups in total. The number of nitrogens with zero attached hydrogens (tertiary/aromatic N) is 3. The maximum Gasteiger partial charge on any atom is 0.251 e. The van der Waals surface area contributed by atoms with E-state index in [-0.39, 0.29) is 5.56 Å². The first kappa shape index (κ1) is 15.2. The Morgan fingerprint density at radius 2 is 2.09 bits per heavy atom. The van der Waals surface area contributed by atoms with E-state index in [4.69, 9.17) is 11.6 Å². The number of aromatic nitrogens is 4. The Morgan fingerprint density at radius 1 is 1.36 bits per heavy atom. The van der Waals surface area contributed by atoms with Gasteiger partial charge in [0.15, 0.2) is 0 Å². The van der Waals surface area contributed by atoms with Gasteiger partial charge in [0.25, 0.3) is 5.56 Å². The topological polar surface area (TPSA) is 77.7 Å². The standard InChI is InChI=1S/C15H20ClN5O/c1-9-15(16)13(20-19-9)8-21-5-3-11(4-6-21)12-7-14(22)18-10(2)17-12/h7,11H,3-6,8H2,1-2H3,(H,19,20)(H,17,18,22). The molecule has 2 aromatic heterocycles. The summed E-state index contributed by atoms with van der Waals surface area (Å²) < 4.78 is 0. The van der Waals surface area contributed by atoms with Crippen LogP contribution in [0.4, 0.5) is 0 Å². The highest BCUT2D eigenvalue weighted by Gasteiger charge is 2.23. The molecule has 0 bridgehead atoms. The highest BCUT2D eigenvalue weighted by Crippen LogP contribution is 2.27. The van der Waals surface area contributed by atoms with E-state index in [9.17, 15) is 4.79 Å². The van der Waals surface area contributed by atoms with Gasteiger partial charge >= 0.3 is 0 Å². The van der Waals surface area contributed by atoms with E-state index in [1.165, 1.54) is 0 Å². The lowest BCUT2D eigenvalue weighted by Crippen LogP contribution is -2.33.